The Morgan fingerprint density at radius 3 is 2.67 bits per heavy atom. The van der Waals surface area contributed by atoms with Gasteiger partial charge in [0.25, 0.3) is 5.91 Å². The fourth-order valence-electron chi connectivity index (χ4n) is 3.20. The highest BCUT2D eigenvalue weighted by Gasteiger charge is 2.27. The lowest BCUT2D eigenvalue weighted by Gasteiger charge is -2.22. The smallest absolute Gasteiger partial charge is 0.253 e. The summed E-state index contributed by atoms with van der Waals surface area (Å²) in [5, 5.41) is 9.96. The lowest BCUT2D eigenvalue weighted by Crippen LogP contribution is -2.30. The highest BCUT2D eigenvalue weighted by molar-refractivity contribution is 6.34. The third kappa shape index (κ3) is 4.68. The maximum Gasteiger partial charge on any atom is 0.253 e. The molecular weight excluding hydrogens is 402 g/mol. The zero-order chi connectivity index (χ0) is 21.1. The average Bonchev–Trinajstić information content (AvgIpc) is 3.42. The van der Waals surface area contributed by atoms with E-state index >= 15 is 0 Å². The van der Waals surface area contributed by atoms with Gasteiger partial charge in [-0.2, -0.15) is 5.10 Å². The van der Waals surface area contributed by atoms with Crippen LogP contribution >= 0.6 is 11.6 Å². The van der Waals surface area contributed by atoms with E-state index in [1.165, 1.54) is 6.20 Å². The van der Waals surface area contributed by atoms with Crippen LogP contribution in [-0.4, -0.2) is 33.5 Å². The number of aromatic nitrogens is 3. The maximum atomic E-state index is 12.3. The first-order chi connectivity index (χ1) is 14.5. The Labute approximate surface area is 179 Å². The van der Waals surface area contributed by atoms with Gasteiger partial charge in [0.05, 0.1) is 34.2 Å². The second kappa shape index (κ2) is 8.67. The van der Waals surface area contributed by atoms with Crippen molar-refractivity contribution < 1.29 is 9.59 Å². The van der Waals surface area contributed by atoms with Crippen LogP contribution in [0.5, 0.6) is 0 Å². The SMILES string of the molecule is CC(=O)N(CC1CC1)c1ccc(-c2ccc(C(=O)NCc3ccn[nH]3)cn2)cc1Cl. The van der Waals surface area contributed by atoms with Crippen molar-refractivity contribution in [3.63, 3.8) is 0 Å². The van der Waals surface area contributed by atoms with Gasteiger partial charge in [-0.25, -0.2) is 0 Å². The number of halogens is 1. The molecule has 3 aromatic rings. The van der Waals surface area contributed by atoms with Crippen LogP contribution in [0.25, 0.3) is 11.3 Å². The first-order valence-corrected chi connectivity index (χ1v) is 10.2. The number of nitrogens with zero attached hydrogens (tertiary/aromatic N) is 3. The third-order valence-electron chi connectivity index (χ3n) is 5.08. The van der Waals surface area contributed by atoms with Crippen LogP contribution < -0.4 is 10.2 Å². The zero-order valence-electron chi connectivity index (χ0n) is 16.6. The number of carbonyl (C=O) groups is 2. The fraction of sp³-hybridized carbons (Fsp3) is 0.273. The standard InChI is InChI=1S/C22H22ClN5O2/c1-14(29)28(13-15-2-3-15)21-7-5-16(10-19(21)23)20-6-4-17(11-24-20)22(30)25-12-18-8-9-26-27-18/h4-11,15H,2-3,12-13H2,1H3,(H,25,30)(H,26,27). The minimum atomic E-state index is -0.214. The van der Waals surface area contributed by atoms with Gasteiger partial charge in [0.1, 0.15) is 0 Å². The number of amides is 2. The monoisotopic (exact) mass is 423 g/mol. The number of hydrogen-bond donors (Lipinski definition) is 2. The molecule has 1 fully saturated rings. The zero-order valence-corrected chi connectivity index (χ0v) is 17.3. The second-order valence-corrected chi connectivity index (χ2v) is 7.84. The van der Waals surface area contributed by atoms with E-state index in [0.717, 1.165) is 29.8 Å². The van der Waals surface area contributed by atoms with Gasteiger partial charge in [0.2, 0.25) is 5.91 Å². The van der Waals surface area contributed by atoms with E-state index in [1.54, 1.807) is 42.3 Å². The minimum Gasteiger partial charge on any atom is -0.346 e. The molecule has 0 unspecified atom stereocenters. The van der Waals surface area contributed by atoms with E-state index in [9.17, 15) is 9.59 Å². The molecule has 8 heteroatoms. The summed E-state index contributed by atoms with van der Waals surface area (Å²) in [6, 6.07) is 10.9. The third-order valence-corrected chi connectivity index (χ3v) is 5.38. The Hall–Kier alpha value is -3.19. The molecule has 4 rings (SSSR count). The van der Waals surface area contributed by atoms with Gasteiger partial charge in [0.15, 0.2) is 0 Å². The predicted octanol–water partition coefficient (Wildman–Crippen LogP) is 3.82. The van der Waals surface area contributed by atoms with Crippen LogP contribution in [-0.2, 0) is 11.3 Å². The van der Waals surface area contributed by atoms with Gasteiger partial charge in [0, 0.05) is 31.4 Å². The van der Waals surface area contributed by atoms with Crippen LogP contribution in [0.3, 0.4) is 0 Å². The molecule has 2 amide bonds. The van der Waals surface area contributed by atoms with Crippen molar-refractivity contribution in [3.05, 3.63) is 65.1 Å². The van der Waals surface area contributed by atoms with Gasteiger partial charge in [-0.3, -0.25) is 19.7 Å². The van der Waals surface area contributed by atoms with Crippen molar-refractivity contribution in [1.82, 2.24) is 20.5 Å². The molecular formula is C22H22ClN5O2. The van der Waals surface area contributed by atoms with E-state index in [-0.39, 0.29) is 11.8 Å². The van der Waals surface area contributed by atoms with Crippen molar-refractivity contribution in [1.29, 1.82) is 0 Å². The van der Waals surface area contributed by atoms with Gasteiger partial charge >= 0.3 is 0 Å². The molecule has 1 aliphatic rings. The van der Waals surface area contributed by atoms with Crippen LogP contribution in [0.2, 0.25) is 5.02 Å². The number of benzene rings is 1. The topological polar surface area (TPSA) is 91.0 Å². The Morgan fingerprint density at radius 2 is 2.07 bits per heavy atom. The molecule has 2 heterocycles. The molecule has 0 radical (unpaired) electrons. The van der Waals surface area contributed by atoms with Crippen LogP contribution in [0.15, 0.2) is 48.8 Å². The number of pyridine rings is 1. The molecule has 30 heavy (non-hydrogen) atoms. The second-order valence-electron chi connectivity index (χ2n) is 7.44. The first kappa shape index (κ1) is 20.1. The van der Waals surface area contributed by atoms with Crippen molar-refractivity contribution in [2.75, 3.05) is 11.4 Å². The fourth-order valence-corrected chi connectivity index (χ4v) is 3.48. The summed E-state index contributed by atoms with van der Waals surface area (Å²) in [6.45, 7) is 2.63. The van der Waals surface area contributed by atoms with Crippen LogP contribution in [0.1, 0.15) is 35.8 Å². The molecule has 0 spiro atoms. The Kier molecular flexibility index (Phi) is 5.81. The summed E-state index contributed by atoms with van der Waals surface area (Å²) in [5.41, 5.74) is 3.53. The van der Waals surface area contributed by atoms with Gasteiger partial charge < -0.3 is 10.2 Å². The average molecular weight is 424 g/mol. The van der Waals surface area contributed by atoms with E-state index < -0.39 is 0 Å². The number of anilines is 1. The van der Waals surface area contributed by atoms with Crippen molar-refractivity contribution >= 4 is 29.1 Å². The number of hydrogen-bond acceptors (Lipinski definition) is 4. The molecule has 1 saturated carbocycles. The van der Waals surface area contributed by atoms with Crippen molar-refractivity contribution in [2.45, 2.75) is 26.3 Å². The molecule has 2 N–H and O–H groups in total. The minimum absolute atomic E-state index is 0.0137. The highest BCUT2D eigenvalue weighted by Crippen LogP contribution is 2.35. The highest BCUT2D eigenvalue weighted by atomic mass is 35.5. The summed E-state index contributed by atoms with van der Waals surface area (Å²) < 4.78 is 0. The molecule has 0 atom stereocenters. The summed E-state index contributed by atoms with van der Waals surface area (Å²) in [6.07, 6.45) is 5.49. The molecule has 1 aromatic carbocycles. The van der Waals surface area contributed by atoms with E-state index in [2.05, 4.69) is 20.5 Å². The number of aromatic amines is 1. The maximum absolute atomic E-state index is 12.3. The predicted molar refractivity (Wildman–Crippen MR) is 115 cm³/mol. The molecule has 0 bridgehead atoms. The normalized spacial score (nSPS) is 13.1. The number of rotatable bonds is 7. The Bertz CT molecular complexity index is 1050. The van der Waals surface area contributed by atoms with E-state index in [4.69, 9.17) is 11.6 Å². The number of carbonyl (C=O) groups excluding carboxylic acids is 2. The van der Waals surface area contributed by atoms with Crippen LogP contribution in [0.4, 0.5) is 5.69 Å². The summed E-state index contributed by atoms with van der Waals surface area (Å²) in [7, 11) is 0. The number of nitrogens with one attached hydrogen (secondary N) is 2. The largest absolute Gasteiger partial charge is 0.346 e. The molecule has 0 saturated heterocycles. The van der Waals surface area contributed by atoms with Gasteiger partial charge in [-0.05, 0) is 49.1 Å². The van der Waals surface area contributed by atoms with Crippen LogP contribution in [0, 0.1) is 5.92 Å². The lowest BCUT2D eigenvalue weighted by atomic mass is 10.1. The Balaban J connectivity index is 1.46. The quantitative estimate of drug-likeness (QED) is 0.604. The first-order valence-electron chi connectivity index (χ1n) is 9.82. The van der Waals surface area contributed by atoms with Crippen molar-refractivity contribution in [2.24, 2.45) is 5.92 Å². The molecule has 0 aliphatic heterocycles. The Morgan fingerprint density at radius 1 is 1.23 bits per heavy atom. The lowest BCUT2D eigenvalue weighted by molar-refractivity contribution is -0.116. The summed E-state index contributed by atoms with van der Waals surface area (Å²) in [4.78, 5) is 30.5. The van der Waals surface area contributed by atoms with E-state index in [1.807, 2.05) is 12.1 Å². The van der Waals surface area contributed by atoms with Crippen molar-refractivity contribution in [3.8, 4) is 11.3 Å². The molecule has 2 aromatic heterocycles. The summed E-state index contributed by atoms with van der Waals surface area (Å²) in [5.74, 6) is 0.340. The van der Waals surface area contributed by atoms with Gasteiger partial charge in [-0.15, -0.1) is 0 Å². The number of H-pyrrole nitrogens is 1. The molecule has 1 aliphatic carbocycles. The van der Waals surface area contributed by atoms with E-state index in [0.29, 0.717) is 35.3 Å². The summed E-state index contributed by atoms with van der Waals surface area (Å²) >= 11 is 6.50. The molecule has 154 valence electrons. The molecule has 7 nitrogen and oxygen atoms in total. The van der Waals surface area contributed by atoms with Gasteiger partial charge in [-0.1, -0.05) is 17.7 Å².